The number of fused-ring (bicyclic) bond motifs is 5. The van der Waals surface area contributed by atoms with Gasteiger partial charge in [0.1, 0.15) is 6.33 Å². The molecule has 0 radical (unpaired) electrons. The fourth-order valence-corrected chi connectivity index (χ4v) is 4.28. The molecule has 7 nitrogen and oxygen atoms in total. The van der Waals surface area contributed by atoms with E-state index in [1.165, 1.54) is 6.33 Å². The average molecular weight is 359 g/mol. The van der Waals surface area contributed by atoms with Gasteiger partial charge < -0.3 is 4.74 Å². The predicted octanol–water partition coefficient (Wildman–Crippen LogP) is 1.65. The third kappa shape index (κ3) is 2.22. The lowest BCUT2D eigenvalue weighted by Crippen LogP contribution is -2.35. The molecule has 2 aromatic rings. The number of ether oxygens (including phenoxy) is 1. The average Bonchev–Trinajstić information content (AvgIpc) is 3.35. The van der Waals surface area contributed by atoms with Crippen molar-refractivity contribution in [2.75, 3.05) is 4.90 Å². The van der Waals surface area contributed by atoms with Crippen LogP contribution in [0.3, 0.4) is 0 Å². The molecule has 0 unspecified atom stereocenters. The number of hydrogen-bond acceptors (Lipinski definition) is 5. The number of benzene rings is 1. The van der Waals surface area contributed by atoms with Crippen molar-refractivity contribution in [2.24, 2.45) is 11.8 Å². The van der Waals surface area contributed by atoms with Crippen LogP contribution in [0.5, 0.6) is 0 Å². The summed E-state index contributed by atoms with van der Waals surface area (Å²) in [4.78, 5) is 30.7. The zero-order chi connectivity index (χ0) is 17.1. The summed E-state index contributed by atoms with van der Waals surface area (Å²) in [6.07, 6.45) is 2.96. The minimum absolute atomic E-state index is 0.132. The first-order valence-electron chi connectivity index (χ1n) is 8.29. The highest BCUT2D eigenvalue weighted by Crippen LogP contribution is 2.48. The van der Waals surface area contributed by atoms with E-state index in [0.29, 0.717) is 11.6 Å². The molecule has 2 bridgehead atoms. The molecule has 8 heteroatoms. The third-order valence-corrected chi connectivity index (χ3v) is 5.52. The maximum absolute atomic E-state index is 12.7. The van der Waals surface area contributed by atoms with Gasteiger partial charge in [-0.25, -0.2) is 9.58 Å². The fraction of sp³-hybridized carbons (Fsp3) is 0.412. The van der Waals surface area contributed by atoms with Crippen LogP contribution in [0.2, 0.25) is 5.02 Å². The van der Waals surface area contributed by atoms with Crippen LogP contribution in [0.25, 0.3) is 0 Å². The number of aromatic nitrogens is 3. The molecule has 1 aromatic heterocycles. The molecule has 3 aliphatic rings. The molecule has 3 fully saturated rings. The Kier molecular flexibility index (Phi) is 3.23. The summed E-state index contributed by atoms with van der Waals surface area (Å²) in [7, 11) is 0. The SMILES string of the molecule is O=C1[C@@H]2[C@@H](C(=O)N1c1ncn(Cc3ccc(Cl)cc3)n1)[C@H]1CC[C@H]2O1. The lowest BCUT2D eigenvalue weighted by molar-refractivity contribution is -0.124. The summed E-state index contributed by atoms with van der Waals surface area (Å²) in [5.74, 6) is -1.04. The maximum atomic E-state index is 12.7. The fourth-order valence-electron chi connectivity index (χ4n) is 4.15. The Morgan fingerprint density at radius 3 is 2.36 bits per heavy atom. The quantitative estimate of drug-likeness (QED) is 0.780. The number of rotatable bonds is 3. The molecule has 2 amide bonds. The van der Waals surface area contributed by atoms with Gasteiger partial charge in [-0.2, -0.15) is 4.98 Å². The summed E-state index contributed by atoms with van der Waals surface area (Å²) in [5, 5.41) is 4.99. The van der Waals surface area contributed by atoms with E-state index < -0.39 is 0 Å². The number of imide groups is 1. The van der Waals surface area contributed by atoms with E-state index in [0.717, 1.165) is 23.3 Å². The van der Waals surface area contributed by atoms with E-state index in [1.54, 1.807) is 16.8 Å². The standard InChI is InChI=1S/C17H15ClN4O3/c18-10-3-1-9(2-4-10)7-21-8-19-17(20-21)22-15(23)13-11-5-6-12(25-11)14(13)16(22)24/h1-4,8,11-14H,5-7H2/t11-,12-,13+,14+/m1/s1. The van der Waals surface area contributed by atoms with Crippen LogP contribution >= 0.6 is 11.6 Å². The van der Waals surface area contributed by atoms with Crippen LogP contribution in [-0.4, -0.2) is 38.8 Å². The monoisotopic (exact) mass is 358 g/mol. The molecule has 25 heavy (non-hydrogen) atoms. The van der Waals surface area contributed by atoms with E-state index in [1.807, 2.05) is 12.1 Å². The van der Waals surface area contributed by atoms with Crippen LogP contribution in [-0.2, 0) is 20.9 Å². The van der Waals surface area contributed by atoms with Gasteiger partial charge in [-0.15, -0.1) is 5.10 Å². The molecule has 0 saturated carbocycles. The number of carbonyl (C=O) groups is 2. The molecule has 4 atom stereocenters. The van der Waals surface area contributed by atoms with Gasteiger partial charge in [0.2, 0.25) is 11.8 Å². The topological polar surface area (TPSA) is 77.3 Å². The Labute approximate surface area is 148 Å². The van der Waals surface area contributed by atoms with Crippen molar-refractivity contribution in [2.45, 2.75) is 31.6 Å². The number of carbonyl (C=O) groups excluding carboxylic acids is 2. The van der Waals surface area contributed by atoms with Crippen LogP contribution < -0.4 is 4.90 Å². The third-order valence-electron chi connectivity index (χ3n) is 5.27. The highest BCUT2D eigenvalue weighted by atomic mass is 35.5. The highest BCUT2D eigenvalue weighted by molar-refractivity contribution is 6.30. The van der Waals surface area contributed by atoms with Crippen molar-refractivity contribution < 1.29 is 14.3 Å². The highest BCUT2D eigenvalue weighted by Gasteiger charge is 2.63. The zero-order valence-electron chi connectivity index (χ0n) is 13.2. The Morgan fingerprint density at radius 1 is 1.08 bits per heavy atom. The maximum Gasteiger partial charge on any atom is 0.258 e. The molecule has 4 heterocycles. The summed E-state index contributed by atoms with van der Waals surface area (Å²) in [5.41, 5.74) is 1.00. The van der Waals surface area contributed by atoms with Gasteiger partial charge >= 0.3 is 0 Å². The van der Waals surface area contributed by atoms with E-state index in [4.69, 9.17) is 16.3 Å². The van der Waals surface area contributed by atoms with E-state index in [9.17, 15) is 9.59 Å². The van der Waals surface area contributed by atoms with Crippen LogP contribution in [0.4, 0.5) is 5.95 Å². The largest absolute Gasteiger partial charge is 0.373 e. The Hall–Kier alpha value is -2.25. The van der Waals surface area contributed by atoms with Crippen LogP contribution in [0, 0.1) is 11.8 Å². The summed E-state index contributed by atoms with van der Waals surface area (Å²) in [6, 6.07) is 7.41. The molecule has 5 rings (SSSR count). The lowest BCUT2D eigenvalue weighted by atomic mass is 9.81. The van der Waals surface area contributed by atoms with E-state index in [2.05, 4.69) is 10.1 Å². The molecular weight excluding hydrogens is 344 g/mol. The van der Waals surface area contributed by atoms with Gasteiger partial charge in [0.25, 0.3) is 5.95 Å². The van der Waals surface area contributed by atoms with Crippen LogP contribution in [0.1, 0.15) is 18.4 Å². The van der Waals surface area contributed by atoms with Crippen molar-refractivity contribution >= 4 is 29.4 Å². The van der Waals surface area contributed by atoms with Crippen molar-refractivity contribution in [1.82, 2.24) is 14.8 Å². The second-order valence-electron chi connectivity index (χ2n) is 6.72. The summed E-state index contributed by atoms with van der Waals surface area (Å²) >= 11 is 5.89. The Bertz CT molecular complexity index is 837. The van der Waals surface area contributed by atoms with Gasteiger partial charge in [-0.3, -0.25) is 9.59 Å². The second-order valence-corrected chi connectivity index (χ2v) is 7.16. The van der Waals surface area contributed by atoms with Gasteiger partial charge in [-0.1, -0.05) is 23.7 Å². The van der Waals surface area contributed by atoms with Gasteiger partial charge in [0.15, 0.2) is 0 Å². The minimum Gasteiger partial charge on any atom is -0.373 e. The van der Waals surface area contributed by atoms with E-state index in [-0.39, 0.29) is 41.8 Å². The number of anilines is 1. The predicted molar refractivity (Wildman–Crippen MR) is 87.9 cm³/mol. The molecule has 0 spiro atoms. The van der Waals surface area contributed by atoms with Gasteiger partial charge in [0, 0.05) is 5.02 Å². The molecule has 3 saturated heterocycles. The molecule has 3 aliphatic heterocycles. The van der Waals surface area contributed by atoms with Crippen molar-refractivity contribution in [3.05, 3.63) is 41.2 Å². The number of nitrogens with zero attached hydrogens (tertiary/aromatic N) is 4. The van der Waals surface area contributed by atoms with Crippen molar-refractivity contribution in [1.29, 1.82) is 0 Å². The molecule has 0 aliphatic carbocycles. The van der Waals surface area contributed by atoms with E-state index >= 15 is 0 Å². The Balaban J connectivity index is 1.39. The molecular formula is C17H15ClN4O3. The van der Waals surface area contributed by atoms with Crippen molar-refractivity contribution in [3.8, 4) is 0 Å². The molecule has 128 valence electrons. The number of hydrogen-bond donors (Lipinski definition) is 0. The summed E-state index contributed by atoms with van der Waals surface area (Å²) < 4.78 is 7.34. The lowest BCUT2D eigenvalue weighted by Gasteiger charge is -2.14. The van der Waals surface area contributed by atoms with Crippen molar-refractivity contribution in [3.63, 3.8) is 0 Å². The summed E-state index contributed by atoms with van der Waals surface area (Å²) in [6.45, 7) is 0.488. The number of halogens is 1. The van der Waals surface area contributed by atoms with Crippen LogP contribution in [0.15, 0.2) is 30.6 Å². The molecule has 1 aromatic carbocycles. The minimum atomic E-state index is -0.366. The molecule has 0 N–H and O–H groups in total. The first-order valence-corrected chi connectivity index (χ1v) is 8.67. The first-order chi connectivity index (χ1) is 12.1. The van der Waals surface area contributed by atoms with Gasteiger partial charge in [0.05, 0.1) is 30.6 Å². The Morgan fingerprint density at radius 2 is 1.72 bits per heavy atom. The van der Waals surface area contributed by atoms with Gasteiger partial charge in [-0.05, 0) is 30.5 Å². The zero-order valence-corrected chi connectivity index (χ0v) is 14.0. The smallest absolute Gasteiger partial charge is 0.258 e. The number of amides is 2. The second kappa shape index (κ2) is 5.37. The normalized spacial score (nSPS) is 30.4. The first kappa shape index (κ1) is 15.0.